The smallest absolute Gasteiger partial charge is 0.0889 e. The van der Waals surface area contributed by atoms with E-state index < -0.39 is 0 Å². The molecule has 3 atom stereocenters. The summed E-state index contributed by atoms with van der Waals surface area (Å²) in [5.74, 6) is 0.676. The number of hydrogen-bond donors (Lipinski definition) is 0. The fourth-order valence-electron chi connectivity index (χ4n) is 3.80. The third-order valence-corrected chi connectivity index (χ3v) is 5.98. The van der Waals surface area contributed by atoms with Crippen molar-refractivity contribution in [2.24, 2.45) is 5.92 Å². The summed E-state index contributed by atoms with van der Waals surface area (Å²) in [6, 6.07) is 1.18. The lowest BCUT2D eigenvalue weighted by molar-refractivity contribution is 0.209. The number of likely N-dealkylation sites (tertiary alicyclic amines) is 1. The molecular formula is C15H25BINS. The Balaban J connectivity index is 2.15. The summed E-state index contributed by atoms with van der Waals surface area (Å²) >= 11 is 8.13. The predicted molar refractivity (Wildman–Crippen MR) is 96.3 cm³/mol. The Bertz CT molecular complexity index is 332. The van der Waals surface area contributed by atoms with Crippen LogP contribution in [0.15, 0.2) is 0 Å². The standard InChI is InChI=1S/C15H25BINS/c1-11(2)18-13-7-5-3-4-6-8-15(16,17)10-12(13)9-14(18)19/h11-13H,3-10H2,1-2H3. The molecule has 0 aromatic heterocycles. The molecule has 2 aliphatic rings. The van der Waals surface area contributed by atoms with Gasteiger partial charge in [-0.25, -0.2) is 0 Å². The molecule has 2 radical (unpaired) electrons. The molecule has 3 unspecified atom stereocenters. The largest absolute Gasteiger partial charge is 0.360 e. The average molecular weight is 389 g/mol. The van der Waals surface area contributed by atoms with Crippen LogP contribution in [-0.2, 0) is 0 Å². The van der Waals surface area contributed by atoms with E-state index in [0.29, 0.717) is 18.0 Å². The molecule has 19 heavy (non-hydrogen) atoms. The van der Waals surface area contributed by atoms with Gasteiger partial charge in [-0.1, -0.05) is 60.5 Å². The van der Waals surface area contributed by atoms with Crippen molar-refractivity contribution in [1.29, 1.82) is 0 Å². The van der Waals surface area contributed by atoms with E-state index in [1.54, 1.807) is 0 Å². The zero-order chi connectivity index (χ0) is 14.0. The highest BCUT2D eigenvalue weighted by atomic mass is 127. The molecule has 0 aromatic carbocycles. The summed E-state index contributed by atoms with van der Waals surface area (Å²) < 4.78 is -0.0272. The van der Waals surface area contributed by atoms with Gasteiger partial charge < -0.3 is 4.90 Å². The number of thiocarbonyl (C=S) groups is 1. The number of alkyl halides is 1. The molecule has 0 bridgehead atoms. The number of hydrogen-bond acceptors (Lipinski definition) is 1. The van der Waals surface area contributed by atoms with Gasteiger partial charge in [0.15, 0.2) is 0 Å². The number of nitrogens with zero attached hydrogens (tertiary/aromatic N) is 1. The second-order valence-electron chi connectivity index (χ2n) is 6.62. The second kappa shape index (κ2) is 6.63. The molecule has 2 fully saturated rings. The molecule has 1 heterocycles. The summed E-state index contributed by atoms with van der Waals surface area (Å²) in [5, 5.41) is 0. The minimum Gasteiger partial charge on any atom is -0.360 e. The van der Waals surface area contributed by atoms with Crippen LogP contribution in [-0.4, -0.2) is 33.1 Å². The van der Waals surface area contributed by atoms with Crippen molar-refractivity contribution in [2.75, 3.05) is 0 Å². The van der Waals surface area contributed by atoms with Gasteiger partial charge in [0, 0.05) is 18.5 Å². The van der Waals surface area contributed by atoms with Gasteiger partial charge in [0.05, 0.1) is 12.8 Å². The minimum atomic E-state index is -0.0272. The summed E-state index contributed by atoms with van der Waals surface area (Å²) in [6.45, 7) is 4.54. The Morgan fingerprint density at radius 1 is 1.32 bits per heavy atom. The molecule has 1 aliphatic carbocycles. The van der Waals surface area contributed by atoms with E-state index in [1.165, 1.54) is 37.1 Å². The Morgan fingerprint density at radius 3 is 2.68 bits per heavy atom. The van der Waals surface area contributed by atoms with E-state index in [2.05, 4.69) is 41.3 Å². The lowest BCUT2D eigenvalue weighted by Gasteiger charge is -2.36. The third-order valence-electron chi connectivity index (χ3n) is 4.63. The van der Waals surface area contributed by atoms with Crippen LogP contribution in [0.2, 0.25) is 0 Å². The summed E-state index contributed by atoms with van der Waals surface area (Å²) in [5.41, 5.74) is 0. The minimum absolute atomic E-state index is 0.0272. The fraction of sp³-hybridized carbons (Fsp3) is 0.933. The van der Waals surface area contributed by atoms with Crippen LogP contribution in [0, 0.1) is 5.92 Å². The van der Waals surface area contributed by atoms with Crippen molar-refractivity contribution in [1.82, 2.24) is 4.90 Å². The molecule has 0 N–H and O–H groups in total. The molecule has 0 aromatic rings. The Labute approximate surface area is 138 Å². The lowest BCUT2D eigenvalue weighted by Crippen LogP contribution is -2.41. The predicted octanol–water partition coefficient (Wildman–Crippen LogP) is 4.46. The van der Waals surface area contributed by atoms with Gasteiger partial charge >= 0.3 is 0 Å². The second-order valence-corrected chi connectivity index (χ2v) is 9.24. The molecule has 1 saturated heterocycles. The molecule has 1 nitrogen and oxygen atoms in total. The van der Waals surface area contributed by atoms with Gasteiger partial charge in [-0.2, -0.15) is 0 Å². The topological polar surface area (TPSA) is 3.24 Å². The van der Waals surface area contributed by atoms with Crippen LogP contribution in [0.3, 0.4) is 0 Å². The third kappa shape index (κ3) is 4.08. The normalized spacial score (nSPS) is 37.5. The zero-order valence-electron chi connectivity index (χ0n) is 12.2. The van der Waals surface area contributed by atoms with Crippen molar-refractivity contribution in [2.45, 2.75) is 80.6 Å². The van der Waals surface area contributed by atoms with Crippen molar-refractivity contribution < 1.29 is 0 Å². The molecule has 0 spiro atoms. The lowest BCUT2D eigenvalue weighted by atomic mass is 9.73. The van der Waals surface area contributed by atoms with Gasteiger partial charge in [-0.15, -0.1) is 0 Å². The summed E-state index contributed by atoms with van der Waals surface area (Å²) in [7, 11) is 6.52. The maximum absolute atomic E-state index is 6.52. The maximum Gasteiger partial charge on any atom is 0.0889 e. The van der Waals surface area contributed by atoms with Crippen LogP contribution in [0.25, 0.3) is 0 Å². The van der Waals surface area contributed by atoms with E-state index >= 15 is 0 Å². The van der Waals surface area contributed by atoms with Crippen molar-refractivity contribution in [3.8, 4) is 0 Å². The van der Waals surface area contributed by atoms with E-state index in [0.717, 1.165) is 19.3 Å². The Kier molecular flexibility index (Phi) is 5.61. The monoisotopic (exact) mass is 389 g/mol. The van der Waals surface area contributed by atoms with Crippen LogP contribution in [0.5, 0.6) is 0 Å². The number of halogens is 1. The van der Waals surface area contributed by atoms with E-state index in [-0.39, 0.29) is 3.32 Å². The first kappa shape index (κ1) is 16.1. The first-order valence-corrected chi connectivity index (χ1v) is 9.18. The number of rotatable bonds is 1. The van der Waals surface area contributed by atoms with E-state index in [9.17, 15) is 0 Å². The molecule has 106 valence electrons. The first-order chi connectivity index (χ1) is 8.91. The first-order valence-electron chi connectivity index (χ1n) is 7.70. The Hall–Kier alpha value is 0.685. The van der Waals surface area contributed by atoms with Crippen molar-refractivity contribution in [3.63, 3.8) is 0 Å². The highest BCUT2D eigenvalue weighted by molar-refractivity contribution is 14.1. The molecule has 1 aliphatic heterocycles. The molecular weight excluding hydrogens is 364 g/mol. The van der Waals surface area contributed by atoms with Crippen LogP contribution in [0.1, 0.15) is 65.2 Å². The van der Waals surface area contributed by atoms with Crippen LogP contribution >= 0.6 is 34.8 Å². The highest BCUT2D eigenvalue weighted by Crippen LogP contribution is 2.41. The van der Waals surface area contributed by atoms with Crippen LogP contribution in [0.4, 0.5) is 0 Å². The van der Waals surface area contributed by atoms with E-state index in [1.807, 2.05) is 0 Å². The quantitative estimate of drug-likeness (QED) is 0.282. The van der Waals surface area contributed by atoms with Gasteiger partial charge in [0.1, 0.15) is 0 Å². The van der Waals surface area contributed by atoms with Gasteiger partial charge in [0.25, 0.3) is 0 Å². The Morgan fingerprint density at radius 2 is 2.00 bits per heavy atom. The maximum atomic E-state index is 6.52. The zero-order valence-corrected chi connectivity index (χ0v) is 15.2. The average Bonchev–Trinajstić information content (AvgIpc) is 2.58. The SMILES string of the molecule is [B]C1(I)CCCCCCC2C(CC(=S)N2C(C)C)C1. The van der Waals surface area contributed by atoms with Crippen LogP contribution < -0.4 is 0 Å². The van der Waals surface area contributed by atoms with E-state index in [4.69, 9.17) is 20.1 Å². The van der Waals surface area contributed by atoms with Crippen molar-refractivity contribution >= 4 is 47.6 Å². The fourth-order valence-corrected chi connectivity index (χ4v) is 5.30. The molecule has 4 heteroatoms. The van der Waals surface area contributed by atoms with Gasteiger partial charge in [-0.3, -0.25) is 0 Å². The molecule has 0 amide bonds. The number of fused-ring (bicyclic) bond motifs is 1. The molecule has 1 saturated carbocycles. The summed E-state index contributed by atoms with van der Waals surface area (Å²) in [6.07, 6.45) is 10.0. The van der Waals surface area contributed by atoms with Crippen molar-refractivity contribution in [3.05, 3.63) is 0 Å². The highest BCUT2D eigenvalue weighted by Gasteiger charge is 2.40. The van der Waals surface area contributed by atoms with Gasteiger partial charge in [0.2, 0.25) is 0 Å². The molecule has 2 rings (SSSR count). The summed E-state index contributed by atoms with van der Waals surface area (Å²) in [4.78, 5) is 3.69. The van der Waals surface area contributed by atoms with Gasteiger partial charge in [-0.05, 0) is 42.3 Å².